The Morgan fingerprint density at radius 2 is 2.39 bits per heavy atom. The van der Waals surface area contributed by atoms with Gasteiger partial charge in [0.2, 0.25) is 11.5 Å². The summed E-state index contributed by atoms with van der Waals surface area (Å²) in [6.45, 7) is 3.57. The average Bonchev–Trinajstić information content (AvgIpc) is 2.38. The largest absolute Gasteiger partial charge is 0.375 e. The summed E-state index contributed by atoms with van der Waals surface area (Å²) >= 11 is 0. The first-order valence-electron chi connectivity index (χ1n) is 5.97. The lowest BCUT2D eigenvalue weighted by molar-refractivity contribution is -0.129. The molecular weight excluding hydrogens is 234 g/mol. The quantitative estimate of drug-likeness (QED) is 0.668. The zero-order chi connectivity index (χ0) is 13.0. The van der Waals surface area contributed by atoms with Crippen molar-refractivity contribution in [3.05, 3.63) is 34.2 Å². The van der Waals surface area contributed by atoms with Crippen molar-refractivity contribution in [2.24, 2.45) is 0 Å². The predicted molar refractivity (Wildman–Crippen MR) is 66.1 cm³/mol. The lowest BCUT2D eigenvalue weighted by Crippen LogP contribution is -2.55. The number of aromatic nitrogens is 1. The fourth-order valence-corrected chi connectivity index (χ4v) is 1.88. The average molecular weight is 251 g/mol. The van der Waals surface area contributed by atoms with Gasteiger partial charge in [-0.05, 0) is 12.5 Å². The Labute approximate surface area is 105 Å². The molecule has 18 heavy (non-hydrogen) atoms. The molecule has 0 bridgehead atoms. The molecule has 0 aliphatic carbocycles. The van der Waals surface area contributed by atoms with Crippen molar-refractivity contribution in [3.8, 4) is 0 Å². The molecule has 98 valence electrons. The van der Waals surface area contributed by atoms with Crippen molar-refractivity contribution in [2.45, 2.75) is 25.6 Å². The van der Waals surface area contributed by atoms with Crippen LogP contribution < -0.4 is 16.2 Å². The first-order chi connectivity index (χ1) is 8.66. The van der Waals surface area contributed by atoms with Gasteiger partial charge in [0, 0.05) is 25.4 Å². The van der Waals surface area contributed by atoms with E-state index in [1.165, 1.54) is 6.07 Å². The minimum Gasteiger partial charge on any atom is -0.375 e. The Balaban J connectivity index is 1.87. The number of carbonyl (C=O) groups excluding carboxylic acids is 1. The lowest BCUT2D eigenvalue weighted by atomic mass is 10.1. The zero-order valence-electron chi connectivity index (χ0n) is 10.2. The van der Waals surface area contributed by atoms with Crippen LogP contribution in [-0.2, 0) is 16.1 Å². The topological polar surface area (TPSA) is 83.2 Å². The van der Waals surface area contributed by atoms with Crippen LogP contribution in [0.1, 0.15) is 12.5 Å². The van der Waals surface area contributed by atoms with Gasteiger partial charge in [-0.3, -0.25) is 9.59 Å². The number of pyridine rings is 1. The van der Waals surface area contributed by atoms with Gasteiger partial charge in [-0.2, -0.15) is 0 Å². The minimum absolute atomic E-state index is 0.0894. The Morgan fingerprint density at radius 3 is 3.06 bits per heavy atom. The number of ether oxygens (including phenoxy) is 1. The van der Waals surface area contributed by atoms with Crippen molar-refractivity contribution in [2.75, 3.05) is 13.2 Å². The maximum atomic E-state index is 11.9. The molecule has 2 heterocycles. The van der Waals surface area contributed by atoms with Crippen LogP contribution in [0, 0.1) is 0 Å². The van der Waals surface area contributed by atoms with E-state index in [4.69, 9.17) is 4.74 Å². The summed E-state index contributed by atoms with van der Waals surface area (Å²) in [6.07, 6.45) is 1.46. The van der Waals surface area contributed by atoms with E-state index in [1.807, 2.05) is 6.92 Å². The highest BCUT2D eigenvalue weighted by molar-refractivity contribution is 5.82. The van der Waals surface area contributed by atoms with E-state index < -0.39 is 0 Å². The first kappa shape index (κ1) is 12.8. The molecule has 1 saturated heterocycles. The molecule has 1 fully saturated rings. The number of amides is 1. The van der Waals surface area contributed by atoms with Crippen molar-refractivity contribution >= 4 is 5.91 Å². The van der Waals surface area contributed by atoms with Gasteiger partial charge < -0.3 is 20.4 Å². The summed E-state index contributed by atoms with van der Waals surface area (Å²) in [5, 5.41) is 5.93. The molecule has 1 aromatic heterocycles. The molecule has 0 aromatic carbocycles. The molecule has 1 aromatic rings. The molecular formula is C12H17N3O3. The third-order valence-electron chi connectivity index (χ3n) is 2.91. The second kappa shape index (κ2) is 5.79. The second-order valence-corrected chi connectivity index (χ2v) is 4.29. The summed E-state index contributed by atoms with van der Waals surface area (Å²) in [6, 6.07) is 2.81. The molecule has 0 saturated carbocycles. The molecule has 3 N–H and O–H groups in total. The zero-order valence-corrected chi connectivity index (χ0v) is 10.2. The van der Waals surface area contributed by atoms with Crippen LogP contribution in [0.4, 0.5) is 0 Å². The maximum absolute atomic E-state index is 11.9. The van der Waals surface area contributed by atoms with Gasteiger partial charge in [-0.25, -0.2) is 0 Å². The second-order valence-electron chi connectivity index (χ2n) is 4.29. The molecule has 0 spiro atoms. The van der Waals surface area contributed by atoms with Gasteiger partial charge >= 0.3 is 0 Å². The molecule has 2 atom stereocenters. The molecule has 0 unspecified atom stereocenters. The number of hydrogen-bond donors (Lipinski definition) is 3. The van der Waals surface area contributed by atoms with Crippen molar-refractivity contribution < 1.29 is 9.53 Å². The van der Waals surface area contributed by atoms with E-state index in [1.54, 1.807) is 12.3 Å². The van der Waals surface area contributed by atoms with Crippen molar-refractivity contribution in [1.82, 2.24) is 15.6 Å². The van der Waals surface area contributed by atoms with Gasteiger partial charge in [0.25, 0.3) is 0 Å². The number of aromatic amines is 1. The number of H-pyrrole nitrogens is 1. The van der Waals surface area contributed by atoms with Crippen LogP contribution in [-0.4, -0.2) is 36.2 Å². The highest BCUT2D eigenvalue weighted by Crippen LogP contribution is 2.04. The standard InChI is InChI=1S/C12H17N3O3/c1-8-11(13-4-5-18-8)12(17)15-7-9-2-3-10(16)14-6-9/h2-3,6,8,11,13H,4-5,7H2,1H3,(H,14,16)(H,15,17)/t8-,11+/m1/s1. The van der Waals surface area contributed by atoms with E-state index in [2.05, 4.69) is 15.6 Å². The molecule has 6 heteroatoms. The third-order valence-corrected chi connectivity index (χ3v) is 2.91. The predicted octanol–water partition coefficient (Wildman–Crippen LogP) is -0.632. The van der Waals surface area contributed by atoms with E-state index in [9.17, 15) is 9.59 Å². The van der Waals surface area contributed by atoms with Gasteiger partial charge in [0.1, 0.15) is 6.04 Å². The Hall–Kier alpha value is -1.66. The number of morpholine rings is 1. The SMILES string of the molecule is C[C@H]1OCCN[C@@H]1C(=O)NCc1ccc(=O)[nH]c1. The van der Waals surface area contributed by atoms with Crippen molar-refractivity contribution in [1.29, 1.82) is 0 Å². The summed E-state index contributed by atoms with van der Waals surface area (Å²) in [5.74, 6) is -0.0894. The maximum Gasteiger partial charge on any atom is 0.247 e. The van der Waals surface area contributed by atoms with Crippen LogP contribution >= 0.6 is 0 Å². The summed E-state index contributed by atoms with van der Waals surface area (Å²) in [7, 11) is 0. The number of rotatable bonds is 3. The number of carbonyl (C=O) groups is 1. The molecule has 1 amide bonds. The van der Waals surface area contributed by atoms with Crippen LogP contribution in [0.15, 0.2) is 23.1 Å². The molecule has 2 rings (SSSR count). The lowest BCUT2D eigenvalue weighted by Gasteiger charge is -2.29. The van der Waals surface area contributed by atoms with Gasteiger partial charge in [-0.15, -0.1) is 0 Å². The highest BCUT2D eigenvalue weighted by atomic mass is 16.5. The van der Waals surface area contributed by atoms with Gasteiger partial charge in [0.15, 0.2) is 0 Å². The van der Waals surface area contributed by atoms with Crippen LogP contribution in [0.5, 0.6) is 0 Å². The fraction of sp³-hybridized carbons (Fsp3) is 0.500. The van der Waals surface area contributed by atoms with E-state index in [0.717, 1.165) is 5.56 Å². The fourth-order valence-electron chi connectivity index (χ4n) is 1.88. The molecule has 6 nitrogen and oxygen atoms in total. The third kappa shape index (κ3) is 3.18. The van der Waals surface area contributed by atoms with Crippen LogP contribution in [0.3, 0.4) is 0 Å². The minimum atomic E-state index is -0.318. The van der Waals surface area contributed by atoms with Crippen LogP contribution in [0.25, 0.3) is 0 Å². The smallest absolute Gasteiger partial charge is 0.247 e. The molecule has 1 aliphatic heterocycles. The van der Waals surface area contributed by atoms with Gasteiger partial charge in [0.05, 0.1) is 12.7 Å². The Bertz CT molecular complexity index is 451. The summed E-state index contributed by atoms with van der Waals surface area (Å²) in [4.78, 5) is 25.4. The summed E-state index contributed by atoms with van der Waals surface area (Å²) in [5.41, 5.74) is 0.702. The normalized spacial score (nSPS) is 23.6. The van der Waals surface area contributed by atoms with Gasteiger partial charge in [-0.1, -0.05) is 6.07 Å². The Morgan fingerprint density at radius 1 is 1.56 bits per heavy atom. The van der Waals surface area contributed by atoms with E-state index >= 15 is 0 Å². The molecule has 1 aliphatic rings. The molecule has 0 radical (unpaired) electrons. The highest BCUT2D eigenvalue weighted by Gasteiger charge is 2.27. The van der Waals surface area contributed by atoms with E-state index in [-0.39, 0.29) is 23.6 Å². The summed E-state index contributed by atoms with van der Waals surface area (Å²) < 4.78 is 5.41. The Kier molecular flexibility index (Phi) is 4.11. The van der Waals surface area contributed by atoms with Crippen LogP contribution in [0.2, 0.25) is 0 Å². The van der Waals surface area contributed by atoms with Crippen molar-refractivity contribution in [3.63, 3.8) is 0 Å². The number of nitrogens with one attached hydrogen (secondary N) is 3. The monoisotopic (exact) mass is 251 g/mol. The number of hydrogen-bond acceptors (Lipinski definition) is 4. The first-order valence-corrected chi connectivity index (χ1v) is 5.97. The van der Waals surface area contributed by atoms with E-state index in [0.29, 0.717) is 19.7 Å².